The number of hydrogen-bond donors (Lipinski definition) is 1. The first-order valence-electron chi connectivity index (χ1n) is 8.50. The molecule has 0 saturated carbocycles. The van der Waals surface area contributed by atoms with Crippen molar-refractivity contribution in [3.63, 3.8) is 0 Å². The van der Waals surface area contributed by atoms with E-state index in [9.17, 15) is 9.18 Å². The third-order valence-corrected chi connectivity index (χ3v) is 4.42. The summed E-state index contributed by atoms with van der Waals surface area (Å²) in [5.41, 5.74) is 5.00. The molecule has 27 heavy (non-hydrogen) atoms. The Bertz CT molecular complexity index is 1170. The van der Waals surface area contributed by atoms with Gasteiger partial charge in [-0.2, -0.15) is 0 Å². The van der Waals surface area contributed by atoms with E-state index in [1.54, 1.807) is 29.8 Å². The van der Waals surface area contributed by atoms with Crippen LogP contribution in [0.25, 0.3) is 28.0 Å². The van der Waals surface area contributed by atoms with Crippen molar-refractivity contribution < 1.29 is 9.18 Å². The van der Waals surface area contributed by atoms with Crippen molar-refractivity contribution in [2.24, 2.45) is 0 Å². The van der Waals surface area contributed by atoms with E-state index in [-0.39, 0.29) is 11.7 Å². The lowest BCUT2D eigenvalue weighted by Crippen LogP contribution is -2.19. The van der Waals surface area contributed by atoms with Crippen molar-refractivity contribution in [1.82, 2.24) is 19.7 Å². The van der Waals surface area contributed by atoms with Crippen LogP contribution in [0.1, 0.15) is 16.2 Å². The maximum atomic E-state index is 14.0. The maximum absolute atomic E-state index is 14.0. The van der Waals surface area contributed by atoms with Gasteiger partial charge in [0.25, 0.3) is 5.91 Å². The number of benzene rings is 1. The lowest BCUT2D eigenvalue weighted by atomic mass is 9.98. The number of halogens is 1. The van der Waals surface area contributed by atoms with Gasteiger partial charge in [-0.05, 0) is 60.5 Å². The molecule has 3 heterocycles. The largest absolute Gasteiger partial charge is 0.354 e. The topological polar surface area (TPSA) is 59.3 Å². The Hall–Kier alpha value is -3.54. The van der Waals surface area contributed by atoms with Crippen LogP contribution in [0.2, 0.25) is 0 Å². The van der Waals surface area contributed by atoms with E-state index < -0.39 is 0 Å². The van der Waals surface area contributed by atoms with Gasteiger partial charge in [-0.15, -0.1) is 0 Å². The number of fused-ring (bicyclic) bond motifs is 1. The highest BCUT2D eigenvalue weighted by Crippen LogP contribution is 2.32. The molecule has 4 aromatic rings. The molecule has 1 amide bonds. The van der Waals surface area contributed by atoms with Gasteiger partial charge >= 0.3 is 0 Å². The van der Waals surface area contributed by atoms with Gasteiger partial charge < -0.3 is 5.32 Å². The van der Waals surface area contributed by atoms with Crippen LogP contribution in [0.4, 0.5) is 4.39 Å². The minimum absolute atomic E-state index is 0.237. The highest BCUT2D eigenvalue weighted by Gasteiger charge is 2.14. The molecule has 0 saturated heterocycles. The molecule has 0 unspecified atom stereocenters. The van der Waals surface area contributed by atoms with Crippen LogP contribution in [0.5, 0.6) is 0 Å². The van der Waals surface area contributed by atoms with Gasteiger partial charge in [0.05, 0.1) is 11.9 Å². The Morgan fingerprint density at radius 1 is 1.11 bits per heavy atom. The van der Waals surface area contributed by atoms with E-state index in [0.29, 0.717) is 16.9 Å². The maximum Gasteiger partial charge on any atom is 0.269 e. The van der Waals surface area contributed by atoms with Crippen molar-refractivity contribution >= 4 is 11.6 Å². The van der Waals surface area contributed by atoms with Gasteiger partial charge in [0.15, 0.2) is 0 Å². The summed E-state index contributed by atoms with van der Waals surface area (Å²) in [5, 5.41) is 2.60. The summed E-state index contributed by atoms with van der Waals surface area (Å²) in [6, 6.07) is 14.0. The zero-order valence-corrected chi connectivity index (χ0v) is 14.9. The molecule has 1 N–H and O–H groups in total. The molecule has 0 bridgehead atoms. The first-order valence-corrected chi connectivity index (χ1v) is 8.50. The van der Waals surface area contributed by atoms with Crippen molar-refractivity contribution in [2.75, 3.05) is 7.05 Å². The van der Waals surface area contributed by atoms with E-state index in [1.165, 1.54) is 18.3 Å². The molecule has 0 aliphatic rings. The number of aryl methyl sites for hydroxylation is 1. The average Bonchev–Trinajstić information content (AvgIpc) is 3.10. The van der Waals surface area contributed by atoms with Gasteiger partial charge in [0.1, 0.15) is 17.2 Å². The number of carbonyl (C=O) groups excluding carboxylic acids is 1. The quantitative estimate of drug-likeness (QED) is 0.603. The third-order valence-electron chi connectivity index (χ3n) is 4.42. The highest BCUT2D eigenvalue weighted by molar-refractivity contribution is 5.93. The fourth-order valence-corrected chi connectivity index (χ4v) is 3.11. The predicted octanol–water partition coefficient (Wildman–Crippen LogP) is 3.87. The molecule has 0 aliphatic carbocycles. The van der Waals surface area contributed by atoms with Crippen LogP contribution < -0.4 is 5.32 Å². The lowest BCUT2D eigenvalue weighted by molar-refractivity contribution is 0.0957. The number of nitrogens with zero attached hydrogens (tertiary/aromatic N) is 3. The number of carbonyl (C=O) groups is 1. The second-order valence-electron chi connectivity index (χ2n) is 6.22. The molecular weight excluding hydrogens is 343 g/mol. The summed E-state index contributed by atoms with van der Waals surface area (Å²) >= 11 is 0. The SMILES string of the molecule is CNC(=O)c1cnc2ccc(-c3cc(F)ccc3-c3cccc(C)n3)cn12. The summed E-state index contributed by atoms with van der Waals surface area (Å²) in [4.78, 5) is 20.9. The van der Waals surface area contributed by atoms with Crippen molar-refractivity contribution in [3.8, 4) is 22.4 Å². The third kappa shape index (κ3) is 3.06. The molecule has 3 aromatic heterocycles. The molecule has 134 valence electrons. The zero-order valence-electron chi connectivity index (χ0n) is 14.9. The predicted molar refractivity (Wildman–Crippen MR) is 102 cm³/mol. The van der Waals surface area contributed by atoms with Crippen LogP contribution >= 0.6 is 0 Å². The van der Waals surface area contributed by atoms with Gasteiger partial charge in [0.2, 0.25) is 0 Å². The summed E-state index contributed by atoms with van der Waals surface area (Å²) < 4.78 is 15.7. The normalized spacial score (nSPS) is 10.9. The standard InChI is InChI=1S/C21H17FN4O/c1-13-4-3-5-18(25-13)16-8-7-15(22)10-17(16)14-6-9-20-24-11-19(21(27)23-2)26(20)12-14/h3-12H,1-2H3,(H,23,27). The summed E-state index contributed by atoms with van der Waals surface area (Å²) in [6.45, 7) is 1.92. The monoisotopic (exact) mass is 360 g/mol. The second-order valence-corrected chi connectivity index (χ2v) is 6.22. The second kappa shape index (κ2) is 6.64. The van der Waals surface area contributed by atoms with E-state index in [4.69, 9.17) is 0 Å². The van der Waals surface area contributed by atoms with E-state index in [1.807, 2.05) is 31.2 Å². The number of nitrogens with one attached hydrogen (secondary N) is 1. The van der Waals surface area contributed by atoms with Gasteiger partial charge in [-0.3, -0.25) is 14.2 Å². The number of imidazole rings is 1. The molecule has 0 aliphatic heterocycles. The fourth-order valence-electron chi connectivity index (χ4n) is 3.11. The molecule has 0 radical (unpaired) electrons. The van der Waals surface area contributed by atoms with E-state index in [2.05, 4.69) is 15.3 Å². The number of hydrogen-bond acceptors (Lipinski definition) is 3. The zero-order chi connectivity index (χ0) is 19.0. The molecule has 1 aromatic carbocycles. The Balaban J connectivity index is 1.93. The fraction of sp³-hybridized carbons (Fsp3) is 0.0952. The van der Waals surface area contributed by atoms with Crippen LogP contribution in [-0.2, 0) is 0 Å². The average molecular weight is 360 g/mol. The van der Waals surface area contributed by atoms with Gasteiger partial charge in [-0.25, -0.2) is 9.37 Å². The highest BCUT2D eigenvalue weighted by atomic mass is 19.1. The molecule has 6 heteroatoms. The Kier molecular flexibility index (Phi) is 4.16. The lowest BCUT2D eigenvalue weighted by Gasteiger charge is -2.11. The minimum Gasteiger partial charge on any atom is -0.354 e. The summed E-state index contributed by atoms with van der Waals surface area (Å²) in [7, 11) is 1.57. The first-order chi connectivity index (χ1) is 13.1. The number of pyridine rings is 2. The van der Waals surface area contributed by atoms with Crippen molar-refractivity contribution in [1.29, 1.82) is 0 Å². The molecule has 0 fully saturated rings. The smallest absolute Gasteiger partial charge is 0.269 e. The van der Waals surface area contributed by atoms with Crippen LogP contribution in [-0.4, -0.2) is 27.3 Å². The van der Waals surface area contributed by atoms with Crippen molar-refractivity contribution in [3.05, 3.63) is 78.1 Å². The first kappa shape index (κ1) is 16.9. The van der Waals surface area contributed by atoms with Gasteiger partial charge in [0, 0.05) is 24.5 Å². The van der Waals surface area contributed by atoms with Crippen molar-refractivity contribution in [2.45, 2.75) is 6.92 Å². The Morgan fingerprint density at radius 2 is 1.96 bits per heavy atom. The summed E-state index contributed by atoms with van der Waals surface area (Å²) in [5.74, 6) is -0.571. The number of rotatable bonds is 3. The van der Waals surface area contributed by atoms with E-state index >= 15 is 0 Å². The molecule has 0 spiro atoms. The Morgan fingerprint density at radius 3 is 2.74 bits per heavy atom. The molecular formula is C21H17FN4O. The van der Waals surface area contributed by atoms with Crippen LogP contribution in [0.15, 0.2) is 60.9 Å². The number of amides is 1. The minimum atomic E-state index is -0.335. The van der Waals surface area contributed by atoms with E-state index in [0.717, 1.165) is 22.5 Å². The Labute approximate surface area is 155 Å². The molecule has 5 nitrogen and oxygen atoms in total. The number of aromatic nitrogens is 3. The molecule has 4 rings (SSSR count). The van der Waals surface area contributed by atoms with Gasteiger partial charge in [-0.1, -0.05) is 6.07 Å². The molecule has 0 atom stereocenters. The van der Waals surface area contributed by atoms with Crippen LogP contribution in [0.3, 0.4) is 0 Å². The summed E-state index contributed by atoms with van der Waals surface area (Å²) in [6.07, 6.45) is 3.31. The van der Waals surface area contributed by atoms with Crippen LogP contribution in [0, 0.1) is 12.7 Å².